The molecular weight excluding hydrogens is 654 g/mol. The number of rotatable bonds is 24. The molecule has 0 radical (unpaired) electrons. The Morgan fingerprint density at radius 1 is 0.610 bits per heavy atom. The molecule has 232 valence electrons. The Kier molecular flexibility index (Phi) is 17.6. The fourth-order valence-electron chi connectivity index (χ4n) is 5.54. The third-order valence-electron chi connectivity index (χ3n) is 7.93. The van der Waals surface area contributed by atoms with Gasteiger partial charge in [-0.25, -0.2) is 0 Å². The molecule has 1 aromatic heterocycles. The second-order valence-corrected chi connectivity index (χ2v) is 13.0. The molecule has 0 saturated heterocycles. The van der Waals surface area contributed by atoms with Crippen molar-refractivity contribution < 1.29 is 9.85 Å². The molecule has 11 heteroatoms. The highest BCUT2D eigenvalue weighted by Crippen LogP contribution is 2.45. The van der Waals surface area contributed by atoms with Crippen LogP contribution in [0.4, 0.5) is 11.4 Å². The Bertz CT molecular complexity index is 1020. The number of nitro groups is 2. The van der Waals surface area contributed by atoms with Crippen molar-refractivity contribution in [3.05, 3.63) is 29.2 Å². The molecule has 0 bridgehead atoms. The molecule has 0 aliphatic rings. The standard InChI is InChI=1S/C30H49Br2N5O4/c1-3-5-7-9-11-13-14-16-18-20-22-24(21-19-17-15-12-10-8-6-4-2)23-35-33-27-25(31)29(36(38)39)30(37(40)41)26(32)28(27)34-35/h24H,3-23H2,1-2H3. The average Bonchev–Trinajstić information content (AvgIpc) is 3.37. The van der Waals surface area contributed by atoms with Crippen LogP contribution >= 0.6 is 31.9 Å². The quantitative estimate of drug-likeness (QED) is 0.0610. The van der Waals surface area contributed by atoms with Crippen LogP contribution < -0.4 is 0 Å². The topological polar surface area (TPSA) is 117 Å². The molecule has 41 heavy (non-hydrogen) atoms. The van der Waals surface area contributed by atoms with Gasteiger partial charge in [-0.15, -0.1) is 0 Å². The van der Waals surface area contributed by atoms with E-state index < -0.39 is 21.2 Å². The fraction of sp³-hybridized carbons (Fsp3) is 0.800. The molecule has 0 aliphatic heterocycles. The Morgan fingerprint density at radius 2 is 0.927 bits per heavy atom. The Labute approximate surface area is 262 Å². The van der Waals surface area contributed by atoms with Gasteiger partial charge in [-0.1, -0.05) is 129 Å². The van der Waals surface area contributed by atoms with Gasteiger partial charge in [0.15, 0.2) is 0 Å². The summed E-state index contributed by atoms with van der Waals surface area (Å²) < 4.78 is -0.0130. The first kappa shape index (κ1) is 35.6. The van der Waals surface area contributed by atoms with Crippen molar-refractivity contribution in [2.24, 2.45) is 5.92 Å². The molecule has 0 N–H and O–H groups in total. The lowest BCUT2D eigenvalue weighted by atomic mass is 9.94. The van der Waals surface area contributed by atoms with Gasteiger partial charge in [-0.05, 0) is 50.6 Å². The highest BCUT2D eigenvalue weighted by molar-refractivity contribution is 9.11. The zero-order valence-corrected chi connectivity index (χ0v) is 28.2. The second-order valence-electron chi connectivity index (χ2n) is 11.4. The van der Waals surface area contributed by atoms with E-state index in [-0.39, 0.29) is 20.0 Å². The molecule has 0 fully saturated rings. The Balaban J connectivity index is 2.01. The zero-order valence-electron chi connectivity index (χ0n) is 25.1. The van der Waals surface area contributed by atoms with Crippen LogP contribution in [0.5, 0.6) is 0 Å². The van der Waals surface area contributed by atoms with Crippen molar-refractivity contribution in [1.82, 2.24) is 15.0 Å². The van der Waals surface area contributed by atoms with E-state index in [1.165, 1.54) is 116 Å². The van der Waals surface area contributed by atoms with E-state index in [1.807, 2.05) is 0 Å². The number of halogens is 2. The van der Waals surface area contributed by atoms with Crippen LogP contribution in [0.1, 0.15) is 142 Å². The van der Waals surface area contributed by atoms with E-state index in [4.69, 9.17) is 0 Å². The lowest BCUT2D eigenvalue weighted by molar-refractivity contribution is -0.423. The summed E-state index contributed by atoms with van der Waals surface area (Å²) in [5, 5.41) is 32.4. The molecule has 9 nitrogen and oxygen atoms in total. The van der Waals surface area contributed by atoms with E-state index in [0.717, 1.165) is 12.8 Å². The molecule has 2 rings (SSSR count). The zero-order chi connectivity index (χ0) is 30.0. The van der Waals surface area contributed by atoms with Gasteiger partial charge in [-0.3, -0.25) is 20.2 Å². The lowest BCUT2D eigenvalue weighted by Crippen LogP contribution is -2.13. The highest BCUT2D eigenvalue weighted by Gasteiger charge is 2.36. The number of benzene rings is 1. The maximum absolute atomic E-state index is 11.6. The smallest absolute Gasteiger partial charge is 0.258 e. The SMILES string of the molecule is CCCCCCCCCCCCC(CCCCCCCCCC)Cn1nc2c(Br)c([N+](=O)[O-])c([N+](=O)[O-])c(Br)c2n1. The van der Waals surface area contributed by atoms with Gasteiger partial charge >= 0.3 is 11.4 Å². The van der Waals surface area contributed by atoms with Gasteiger partial charge in [0.05, 0.1) is 16.4 Å². The maximum Gasteiger partial charge on any atom is 0.363 e. The van der Waals surface area contributed by atoms with Crippen molar-refractivity contribution >= 4 is 54.3 Å². The first-order chi connectivity index (χ1) is 19.8. The van der Waals surface area contributed by atoms with Crippen LogP contribution in [-0.2, 0) is 6.54 Å². The summed E-state index contributed by atoms with van der Waals surface area (Å²) in [5.41, 5.74) is -0.692. The van der Waals surface area contributed by atoms with Crippen LogP contribution in [-0.4, -0.2) is 24.8 Å². The van der Waals surface area contributed by atoms with Crippen LogP contribution in [0.25, 0.3) is 11.0 Å². The first-order valence-electron chi connectivity index (χ1n) is 15.9. The molecule has 0 aliphatic carbocycles. The van der Waals surface area contributed by atoms with Crippen molar-refractivity contribution in [3.63, 3.8) is 0 Å². The minimum Gasteiger partial charge on any atom is -0.258 e. The second kappa shape index (κ2) is 20.3. The number of hydrogen-bond acceptors (Lipinski definition) is 6. The predicted octanol–water partition coefficient (Wildman–Crippen LogP) is 11.2. The van der Waals surface area contributed by atoms with Crippen molar-refractivity contribution in [3.8, 4) is 0 Å². The lowest BCUT2D eigenvalue weighted by Gasteiger charge is -2.16. The van der Waals surface area contributed by atoms with Gasteiger partial charge in [0.2, 0.25) is 0 Å². The summed E-state index contributed by atoms with van der Waals surface area (Å²) in [5.74, 6) is 0.397. The molecule has 0 amide bonds. The number of nitro benzene ring substituents is 2. The highest BCUT2D eigenvalue weighted by atomic mass is 79.9. The summed E-state index contributed by atoms with van der Waals surface area (Å²) in [6, 6.07) is 0. The molecule has 0 saturated carbocycles. The van der Waals surface area contributed by atoms with Crippen molar-refractivity contribution in [2.45, 2.75) is 149 Å². The molecule has 1 heterocycles. The number of hydrogen-bond donors (Lipinski definition) is 0. The fourth-order valence-corrected chi connectivity index (χ4v) is 6.74. The van der Waals surface area contributed by atoms with Gasteiger partial charge in [0, 0.05) is 0 Å². The summed E-state index contributed by atoms with van der Waals surface area (Å²) >= 11 is 6.41. The molecule has 1 unspecified atom stereocenters. The Hall–Kier alpha value is -1.62. The van der Waals surface area contributed by atoms with Gasteiger partial charge in [0.25, 0.3) is 0 Å². The molecule has 1 aromatic carbocycles. The van der Waals surface area contributed by atoms with Gasteiger partial charge < -0.3 is 0 Å². The minimum atomic E-state index is -0.748. The minimum absolute atomic E-state index is 0.00651. The summed E-state index contributed by atoms with van der Waals surface area (Å²) in [6.07, 6.45) is 25.4. The number of fused-ring (bicyclic) bond motifs is 1. The van der Waals surface area contributed by atoms with E-state index in [2.05, 4.69) is 55.9 Å². The van der Waals surface area contributed by atoms with Gasteiger partial charge in [0.1, 0.15) is 20.0 Å². The van der Waals surface area contributed by atoms with Crippen molar-refractivity contribution in [2.75, 3.05) is 0 Å². The molecule has 2 aromatic rings. The number of nitrogens with zero attached hydrogens (tertiary/aromatic N) is 5. The third kappa shape index (κ3) is 12.3. The van der Waals surface area contributed by atoms with E-state index in [9.17, 15) is 20.2 Å². The summed E-state index contributed by atoms with van der Waals surface area (Å²) in [6.45, 7) is 5.10. The van der Waals surface area contributed by atoms with Crippen LogP contribution in [0.3, 0.4) is 0 Å². The Morgan fingerprint density at radius 3 is 1.24 bits per heavy atom. The molecular formula is C30H49Br2N5O4. The maximum atomic E-state index is 11.6. The molecule has 0 spiro atoms. The van der Waals surface area contributed by atoms with E-state index in [0.29, 0.717) is 12.5 Å². The molecule has 1 atom stereocenters. The van der Waals surface area contributed by atoms with E-state index in [1.54, 1.807) is 4.80 Å². The summed E-state index contributed by atoms with van der Waals surface area (Å²) in [7, 11) is 0. The number of aromatic nitrogens is 3. The monoisotopic (exact) mass is 701 g/mol. The van der Waals surface area contributed by atoms with Crippen LogP contribution in [0, 0.1) is 26.1 Å². The van der Waals surface area contributed by atoms with Gasteiger partial charge in [-0.2, -0.15) is 15.0 Å². The third-order valence-corrected chi connectivity index (χ3v) is 9.43. The average molecular weight is 704 g/mol. The van der Waals surface area contributed by atoms with Crippen LogP contribution in [0.15, 0.2) is 8.95 Å². The predicted molar refractivity (Wildman–Crippen MR) is 173 cm³/mol. The first-order valence-corrected chi connectivity index (χ1v) is 17.4. The summed E-state index contributed by atoms with van der Waals surface area (Å²) in [4.78, 5) is 23.4. The number of unbranched alkanes of at least 4 members (excludes halogenated alkanes) is 16. The van der Waals surface area contributed by atoms with E-state index >= 15 is 0 Å². The van der Waals surface area contributed by atoms with Crippen LogP contribution in [0.2, 0.25) is 0 Å². The largest absolute Gasteiger partial charge is 0.363 e. The van der Waals surface area contributed by atoms with Crippen molar-refractivity contribution in [1.29, 1.82) is 0 Å². The normalized spacial score (nSPS) is 12.3.